The average Bonchev–Trinajstić information content (AvgIpc) is 3.60. The predicted molar refractivity (Wildman–Crippen MR) is 227 cm³/mol. The smallest absolute Gasteiger partial charge is 0.0561 e. The third-order valence-corrected chi connectivity index (χ3v) is 11.4. The van der Waals surface area contributed by atoms with Crippen LogP contribution in [0.1, 0.15) is 55.0 Å². The number of benzene rings is 6. The van der Waals surface area contributed by atoms with Gasteiger partial charge in [-0.3, -0.25) is 0 Å². The van der Waals surface area contributed by atoms with Gasteiger partial charge in [0.1, 0.15) is 0 Å². The first kappa shape index (κ1) is 32.8. The number of anilines is 3. The highest BCUT2D eigenvalue weighted by Gasteiger charge is 2.38. The van der Waals surface area contributed by atoms with Crippen molar-refractivity contribution in [2.75, 3.05) is 4.90 Å². The molecule has 0 unspecified atom stereocenters. The molecule has 1 aromatic heterocycles. The summed E-state index contributed by atoms with van der Waals surface area (Å²) in [7, 11) is 0. The second-order valence-electron chi connectivity index (χ2n) is 14.9. The summed E-state index contributed by atoms with van der Waals surface area (Å²) in [6.45, 7) is 13.7. The van der Waals surface area contributed by atoms with E-state index in [4.69, 9.17) is 0 Å². The van der Waals surface area contributed by atoms with Gasteiger partial charge in [-0.1, -0.05) is 136 Å². The summed E-state index contributed by atoms with van der Waals surface area (Å²) in [5, 5.41) is 3.30. The number of hydrogen-bond acceptors (Lipinski definition) is 1. The van der Waals surface area contributed by atoms with Gasteiger partial charge in [0.2, 0.25) is 0 Å². The normalized spacial score (nSPS) is 14.5. The fraction of sp³-hybridized carbons (Fsp3) is 0.137. The quantitative estimate of drug-likeness (QED) is 0.169. The standard InChI is InChI=1S/C51H44N2/c1-6-7-21-41-35(3)52(37-19-9-8-10-20-37)49-33-39(29-31-45(41)49)53(48-27-16-25-46-44-23-13-14-26-47(44)51(4,5)50(46)48)38-28-30-40(34(2)32-38)43-24-15-18-36-17-11-12-22-42(36)43/h6-11,13-21,23-33H,3,12,22H2,1-2,4-5H3/b7-6-,41-21+. The molecule has 0 amide bonds. The van der Waals surface area contributed by atoms with Crippen molar-refractivity contribution in [3.8, 4) is 27.9 Å². The van der Waals surface area contributed by atoms with E-state index in [0.29, 0.717) is 0 Å². The van der Waals surface area contributed by atoms with Crippen molar-refractivity contribution < 1.29 is 0 Å². The summed E-state index contributed by atoms with van der Waals surface area (Å²) >= 11 is 0. The maximum atomic E-state index is 4.63. The third-order valence-electron chi connectivity index (χ3n) is 11.4. The van der Waals surface area contributed by atoms with E-state index in [1.807, 2.05) is 0 Å². The van der Waals surface area contributed by atoms with Gasteiger partial charge in [-0.2, -0.15) is 0 Å². The van der Waals surface area contributed by atoms with Crippen molar-refractivity contribution in [1.82, 2.24) is 4.57 Å². The highest BCUT2D eigenvalue weighted by molar-refractivity contribution is 5.94. The fourth-order valence-corrected chi connectivity index (χ4v) is 9.00. The maximum absolute atomic E-state index is 4.63. The van der Waals surface area contributed by atoms with E-state index in [-0.39, 0.29) is 5.41 Å². The van der Waals surface area contributed by atoms with E-state index in [1.165, 1.54) is 61.1 Å². The van der Waals surface area contributed by atoms with Gasteiger partial charge in [0.15, 0.2) is 0 Å². The molecule has 6 aromatic carbocycles. The van der Waals surface area contributed by atoms with Crippen molar-refractivity contribution in [3.05, 3.63) is 184 Å². The molecule has 0 spiro atoms. The minimum Gasteiger partial charge on any atom is -0.310 e. The molecular weight excluding hydrogens is 641 g/mol. The molecule has 9 rings (SSSR count). The Kier molecular flexibility index (Phi) is 7.93. The molecule has 7 aromatic rings. The molecule has 258 valence electrons. The van der Waals surface area contributed by atoms with E-state index in [1.54, 1.807) is 0 Å². The predicted octanol–water partition coefficient (Wildman–Crippen LogP) is 12.1. The molecule has 0 aliphatic heterocycles. The lowest BCUT2D eigenvalue weighted by Gasteiger charge is -2.32. The van der Waals surface area contributed by atoms with Gasteiger partial charge in [0.25, 0.3) is 0 Å². The van der Waals surface area contributed by atoms with Crippen molar-refractivity contribution in [3.63, 3.8) is 0 Å². The summed E-state index contributed by atoms with van der Waals surface area (Å²) in [5.41, 5.74) is 17.5. The van der Waals surface area contributed by atoms with E-state index < -0.39 is 0 Å². The number of aromatic nitrogens is 1. The minimum absolute atomic E-state index is 0.185. The number of aryl methyl sites for hydroxylation is 1. The van der Waals surface area contributed by atoms with Gasteiger partial charge in [-0.25, -0.2) is 0 Å². The largest absolute Gasteiger partial charge is 0.310 e. The first-order valence-corrected chi connectivity index (χ1v) is 18.8. The van der Waals surface area contributed by atoms with Crippen LogP contribution in [-0.2, 0) is 11.8 Å². The second kappa shape index (κ2) is 12.8. The van der Waals surface area contributed by atoms with Crippen LogP contribution in [0.2, 0.25) is 0 Å². The summed E-state index contributed by atoms with van der Waals surface area (Å²) in [6, 6.07) is 47.1. The lowest BCUT2D eigenvalue weighted by atomic mass is 9.81. The molecule has 2 aliphatic carbocycles. The molecule has 0 fully saturated rings. The number of para-hydroxylation sites is 1. The van der Waals surface area contributed by atoms with Crippen LogP contribution in [0, 0.1) is 6.92 Å². The van der Waals surface area contributed by atoms with Gasteiger partial charge in [0, 0.05) is 38.4 Å². The molecule has 2 heteroatoms. The maximum Gasteiger partial charge on any atom is 0.0561 e. The summed E-state index contributed by atoms with van der Waals surface area (Å²) in [6.07, 6.45) is 13.1. The van der Waals surface area contributed by atoms with Crippen molar-refractivity contribution in [2.45, 2.75) is 46.0 Å². The molecular formula is C51H44N2. The fourth-order valence-electron chi connectivity index (χ4n) is 9.00. The van der Waals surface area contributed by atoms with Crippen molar-refractivity contribution in [1.29, 1.82) is 0 Å². The summed E-state index contributed by atoms with van der Waals surface area (Å²) in [4.78, 5) is 2.49. The Morgan fingerprint density at radius 3 is 2.30 bits per heavy atom. The third kappa shape index (κ3) is 5.24. The zero-order valence-corrected chi connectivity index (χ0v) is 31.0. The van der Waals surface area contributed by atoms with E-state index >= 15 is 0 Å². The molecule has 2 aliphatic rings. The van der Waals surface area contributed by atoms with E-state index in [9.17, 15) is 0 Å². The molecule has 0 bridgehead atoms. The lowest BCUT2D eigenvalue weighted by Crippen LogP contribution is -2.26. The number of nitrogens with zero attached hydrogens (tertiary/aromatic N) is 2. The van der Waals surface area contributed by atoms with Crippen LogP contribution in [0.3, 0.4) is 0 Å². The van der Waals surface area contributed by atoms with Crippen LogP contribution in [0.5, 0.6) is 0 Å². The highest BCUT2D eigenvalue weighted by Crippen LogP contribution is 2.54. The molecule has 0 saturated heterocycles. The number of hydrogen-bond donors (Lipinski definition) is 0. The first-order chi connectivity index (χ1) is 25.9. The summed E-state index contributed by atoms with van der Waals surface area (Å²) in [5.74, 6) is 0. The van der Waals surface area contributed by atoms with Crippen molar-refractivity contribution in [2.24, 2.45) is 0 Å². The summed E-state index contributed by atoms with van der Waals surface area (Å²) < 4.78 is 2.31. The Morgan fingerprint density at radius 1 is 0.736 bits per heavy atom. The molecule has 0 saturated carbocycles. The Balaban J connectivity index is 1.30. The van der Waals surface area contributed by atoms with Crippen LogP contribution < -0.4 is 15.5 Å². The molecule has 0 N–H and O–H groups in total. The van der Waals surface area contributed by atoms with E-state index in [0.717, 1.165) is 46.0 Å². The molecule has 0 radical (unpaired) electrons. The molecule has 53 heavy (non-hydrogen) atoms. The average molecular weight is 685 g/mol. The van der Waals surface area contributed by atoms with Crippen molar-refractivity contribution >= 4 is 46.7 Å². The molecule has 1 heterocycles. The van der Waals surface area contributed by atoms with Gasteiger partial charge in [0.05, 0.1) is 11.2 Å². The second-order valence-corrected chi connectivity index (χ2v) is 14.9. The van der Waals surface area contributed by atoms with Crippen LogP contribution >= 0.6 is 0 Å². The lowest BCUT2D eigenvalue weighted by molar-refractivity contribution is 0.661. The number of allylic oxidation sites excluding steroid dienone is 3. The van der Waals surface area contributed by atoms with Crippen LogP contribution in [0.15, 0.2) is 146 Å². The Bertz CT molecular complexity index is 2740. The van der Waals surface area contributed by atoms with Gasteiger partial charge < -0.3 is 9.47 Å². The van der Waals surface area contributed by atoms with Gasteiger partial charge in [-0.05, 0) is 119 Å². The number of fused-ring (bicyclic) bond motifs is 5. The monoisotopic (exact) mass is 684 g/mol. The Morgan fingerprint density at radius 2 is 1.47 bits per heavy atom. The van der Waals surface area contributed by atoms with Gasteiger partial charge >= 0.3 is 0 Å². The van der Waals surface area contributed by atoms with Crippen LogP contribution in [-0.4, -0.2) is 4.57 Å². The van der Waals surface area contributed by atoms with E-state index in [2.05, 4.69) is 202 Å². The number of rotatable bonds is 6. The van der Waals surface area contributed by atoms with Gasteiger partial charge in [-0.15, -0.1) is 0 Å². The Labute approximate surface area is 313 Å². The zero-order valence-electron chi connectivity index (χ0n) is 31.0. The zero-order chi connectivity index (χ0) is 36.3. The van der Waals surface area contributed by atoms with Crippen LogP contribution in [0.25, 0.3) is 57.6 Å². The SMILES string of the molecule is C=c1/c(=C\C=C/C)c2ccc(N(c3ccc(-c4cccc5c4CCC=C5)c(C)c3)c3cccc4c3C(C)(C)c3ccccc3-4)cc2n1-c1ccccc1. The Hall–Kier alpha value is -6.12. The highest BCUT2D eigenvalue weighted by atomic mass is 15.1. The molecule has 2 nitrogen and oxygen atoms in total. The minimum atomic E-state index is -0.185. The first-order valence-electron chi connectivity index (χ1n) is 18.8. The van der Waals surface area contributed by atoms with Crippen LogP contribution in [0.4, 0.5) is 17.1 Å². The molecule has 0 atom stereocenters. The topological polar surface area (TPSA) is 8.17 Å².